The van der Waals surface area contributed by atoms with Crippen LogP contribution in [-0.2, 0) is 40.2 Å². The average molecular weight is 890 g/mol. The topological polar surface area (TPSA) is 25.8 Å². The van der Waals surface area contributed by atoms with Crippen molar-refractivity contribution in [2.24, 2.45) is 0 Å². The number of nitrogens with zero attached hydrogens (tertiary/aromatic N) is 2. The summed E-state index contributed by atoms with van der Waals surface area (Å²) >= 11 is 3.42. The van der Waals surface area contributed by atoms with Crippen LogP contribution in [0.3, 0.4) is 0 Å². The Hall–Kier alpha value is -2.59. The van der Waals surface area contributed by atoms with Gasteiger partial charge in [-0.2, -0.15) is 0 Å². The van der Waals surface area contributed by atoms with Gasteiger partial charge in [0.2, 0.25) is 0 Å². The van der Waals surface area contributed by atoms with Crippen molar-refractivity contribution in [3.05, 3.63) is 132 Å². The van der Waals surface area contributed by atoms with E-state index in [1.807, 2.05) is 72.9 Å². The zero-order valence-corrected chi connectivity index (χ0v) is 25.1. The largest absolute Gasteiger partial charge is 0.304 e. The van der Waals surface area contributed by atoms with Crippen molar-refractivity contribution < 1.29 is 44.6 Å². The van der Waals surface area contributed by atoms with E-state index in [-0.39, 0.29) is 46.0 Å². The van der Waals surface area contributed by atoms with E-state index in [2.05, 4.69) is 50.2 Å². The number of halogens is 2. The van der Waals surface area contributed by atoms with E-state index in [4.69, 9.17) is 0 Å². The minimum absolute atomic E-state index is 0. The van der Waals surface area contributed by atoms with E-state index in [0.717, 1.165) is 43.1 Å². The molecule has 0 bridgehead atoms. The van der Waals surface area contributed by atoms with Crippen molar-refractivity contribution in [2.45, 2.75) is 0 Å². The van der Waals surface area contributed by atoms with Crippen LogP contribution < -0.4 is 0 Å². The molecule has 36 heavy (non-hydrogen) atoms. The fraction of sp³-hybridized carbons (Fsp3) is 0. The van der Waals surface area contributed by atoms with Gasteiger partial charge in [-0.3, -0.25) is 4.39 Å². The zero-order valence-electron chi connectivity index (χ0n) is 18.7. The Morgan fingerprint density at radius 3 is 1.56 bits per heavy atom. The molecule has 2 aromatic heterocycles. The molecule has 0 saturated carbocycles. The van der Waals surface area contributed by atoms with Crippen LogP contribution in [0.25, 0.3) is 44.1 Å². The van der Waals surface area contributed by atoms with E-state index in [0.29, 0.717) is 0 Å². The van der Waals surface area contributed by atoms with Crippen molar-refractivity contribution in [2.75, 3.05) is 0 Å². The monoisotopic (exact) mass is 890 g/mol. The summed E-state index contributed by atoms with van der Waals surface area (Å²) in [4.78, 5) is 8.81. The first kappa shape index (κ1) is 28.0. The standard InChI is InChI=1S/C15H9BrN.C15H9FN.2Ir/c2*16-13-7-5-12(6-8-13)15-14-4-2-1-3-11(14)9-10-17-15;;/h2*1-5,7-10H;;/q2*-1;;. The van der Waals surface area contributed by atoms with Gasteiger partial charge < -0.3 is 9.97 Å². The van der Waals surface area contributed by atoms with Crippen LogP contribution in [0, 0.1) is 17.9 Å². The second-order valence-electron chi connectivity index (χ2n) is 7.60. The fourth-order valence-electron chi connectivity index (χ4n) is 3.77. The third-order valence-corrected chi connectivity index (χ3v) is 5.90. The molecule has 0 amide bonds. The molecular formula is C30H18BrFIr2N2-2. The van der Waals surface area contributed by atoms with E-state index < -0.39 is 0 Å². The maximum absolute atomic E-state index is 12.9. The van der Waals surface area contributed by atoms with Gasteiger partial charge in [-0.15, -0.1) is 75.6 Å². The molecule has 6 aromatic rings. The normalized spacial score (nSPS) is 10.1. The van der Waals surface area contributed by atoms with Crippen molar-refractivity contribution in [1.29, 1.82) is 0 Å². The second kappa shape index (κ2) is 13.1. The van der Waals surface area contributed by atoms with Crippen LogP contribution in [0.2, 0.25) is 0 Å². The number of benzene rings is 4. The van der Waals surface area contributed by atoms with Crippen LogP contribution in [0.15, 0.2) is 114 Å². The van der Waals surface area contributed by atoms with Crippen LogP contribution in [-0.4, -0.2) is 9.97 Å². The third-order valence-electron chi connectivity index (χ3n) is 5.41. The number of pyridine rings is 2. The summed E-state index contributed by atoms with van der Waals surface area (Å²) in [5.74, 6) is -0.283. The van der Waals surface area contributed by atoms with E-state index in [1.54, 1.807) is 12.3 Å². The molecule has 0 fully saturated rings. The average Bonchev–Trinajstić information content (AvgIpc) is 2.89. The van der Waals surface area contributed by atoms with Gasteiger partial charge in [0.15, 0.2) is 0 Å². The van der Waals surface area contributed by atoms with Crippen LogP contribution in [0.4, 0.5) is 4.39 Å². The summed E-state index contributed by atoms with van der Waals surface area (Å²) in [6.45, 7) is 0. The molecule has 2 heterocycles. The second-order valence-corrected chi connectivity index (χ2v) is 8.52. The molecule has 0 unspecified atom stereocenters. The molecule has 0 aliphatic rings. The van der Waals surface area contributed by atoms with Gasteiger partial charge in [0.05, 0.1) is 0 Å². The molecule has 182 valence electrons. The fourth-order valence-corrected chi connectivity index (χ4v) is 4.02. The van der Waals surface area contributed by atoms with E-state index in [1.165, 1.54) is 17.5 Å². The van der Waals surface area contributed by atoms with E-state index >= 15 is 0 Å². The number of aromatic nitrogens is 2. The summed E-state index contributed by atoms with van der Waals surface area (Å²) < 4.78 is 13.9. The summed E-state index contributed by atoms with van der Waals surface area (Å²) in [6.07, 6.45) is 3.60. The van der Waals surface area contributed by atoms with Crippen molar-refractivity contribution in [3.8, 4) is 22.5 Å². The molecule has 0 saturated heterocycles. The molecule has 0 aliphatic carbocycles. The summed E-state index contributed by atoms with van der Waals surface area (Å²) in [5, 5.41) is 4.54. The molecular weight excluding hydrogens is 872 g/mol. The maximum Gasteiger partial charge on any atom is 0.0379 e. The molecule has 6 rings (SSSR count). The third kappa shape index (κ3) is 6.39. The Labute approximate surface area is 244 Å². The smallest absolute Gasteiger partial charge is 0.0379 e. The van der Waals surface area contributed by atoms with Gasteiger partial charge >= 0.3 is 0 Å². The first-order chi connectivity index (χ1) is 16.7. The van der Waals surface area contributed by atoms with Gasteiger partial charge in [-0.05, 0) is 45.1 Å². The van der Waals surface area contributed by atoms with Gasteiger partial charge in [0.25, 0.3) is 0 Å². The van der Waals surface area contributed by atoms with Crippen LogP contribution >= 0.6 is 15.9 Å². The van der Waals surface area contributed by atoms with Crippen molar-refractivity contribution in [1.82, 2.24) is 9.97 Å². The molecule has 0 N–H and O–H groups in total. The Balaban J connectivity index is 0.000000190. The first-order valence-electron chi connectivity index (χ1n) is 10.7. The summed E-state index contributed by atoms with van der Waals surface area (Å²) in [7, 11) is 0. The first-order valence-corrected chi connectivity index (χ1v) is 11.5. The Bertz CT molecular complexity index is 1440. The van der Waals surface area contributed by atoms with Gasteiger partial charge in [-0.25, -0.2) is 0 Å². The van der Waals surface area contributed by atoms with Gasteiger partial charge in [-0.1, -0.05) is 53.0 Å². The predicted molar refractivity (Wildman–Crippen MR) is 140 cm³/mol. The Morgan fingerprint density at radius 1 is 0.583 bits per heavy atom. The summed E-state index contributed by atoms with van der Waals surface area (Å²) in [6, 6.07) is 36.8. The molecule has 2 nitrogen and oxygen atoms in total. The number of hydrogen-bond donors (Lipinski definition) is 0. The van der Waals surface area contributed by atoms with Crippen molar-refractivity contribution >= 4 is 37.5 Å². The molecule has 2 radical (unpaired) electrons. The quantitative estimate of drug-likeness (QED) is 0.164. The van der Waals surface area contributed by atoms with Gasteiger partial charge in [0, 0.05) is 58.4 Å². The Morgan fingerprint density at radius 2 is 1.08 bits per heavy atom. The number of fused-ring (bicyclic) bond motifs is 2. The molecule has 0 spiro atoms. The SMILES string of the molecule is Brc1c[c-]c(-c2nccc3ccccc23)cc1.Fc1c[c-]c(-c2nccc3ccccc23)cc1.[Ir].[Ir]. The van der Waals surface area contributed by atoms with Crippen LogP contribution in [0.1, 0.15) is 0 Å². The minimum atomic E-state index is -0.283. The molecule has 0 aliphatic heterocycles. The minimum Gasteiger partial charge on any atom is -0.304 e. The zero-order chi connectivity index (χ0) is 23.3. The van der Waals surface area contributed by atoms with Crippen molar-refractivity contribution in [3.63, 3.8) is 0 Å². The predicted octanol–water partition coefficient (Wildman–Crippen LogP) is 8.30. The number of rotatable bonds is 2. The van der Waals surface area contributed by atoms with E-state index in [9.17, 15) is 4.39 Å². The maximum atomic E-state index is 12.9. The molecule has 4 aromatic carbocycles. The Kier molecular flexibility index (Phi) is 10.2. The van der Waals surface area contributed by atoms with Gasteiger partial charge in [0.1, 0.15) is 0 Å². The summed E-state index contributed by atoms with van der Waals surface area (Å²) in [5.41, 5.74) is 3.65. The van der Waals surface area contributed by atoms with Crippen LogP contribution in [0.5, 0.6) is 0 Å². The number of hydrogen-bond acceptors (Lipinski definition) is 2. The molecule has 0 atom stereocenters. The molecule has 6 heteroatoms.